The van der Waals surface area contributed by atoms with Gasteiger partial charge in [0.15, 0.2) is 11.6 Å². The minimum atomic E-state index is -4.63. The van der Waals surface area contributed by atoms with Gasteiger partial charge >= 0.3 is 6.18 Å². The van der Waals surface area contributed by atoms with Crippen LogP contribution in [-0.4, -0.2) is 20.9 Å². The number of halogens is 6. The lowest BCUT2D eigenvalue weighted by Gasteiger charge is -2.11. The number of aromatic amines is 1. The SMILES string of the molecule is Cc1nc(C(F)(F)F)ccc1C(=O)Nc1ccc(Cl)c(-c2nc3c(F)c(F)ccc3[nH]2)c1. The fourth-order valence-corrected chi connectivity index (χ4v) is 3.29. The van der Waals surface area contributed by atoms with E-state index in [1.165, 1.54) is 31.2 Å². The fraction of sp³-hybridized carbons (Fsp3) is 0.0952. The zero-order valence-electron chi connectivity index (χ0n) is 16.1. The Balaban J connectivity index is 1.65. The van der Waals surface area contributed by atoms with Crippen molar-refractivity contribution in [3.05, 3.63) is 76.1 Å². The summed E-state index contributed by atoms with van der Waals surface area (Å²) in [4.78, 5) is 22.9. The van der Waals surface area contributed by atoms with Crippen LogP contribution in [0.4, 0.5) is 27.6 Å². The van der Waals surface area contributed by atoms with Crippen LogP contribution in [0.2, 0.25) is 5.02 Å². The quantitative estimate of drug-likeness (QED) is 0.356. The highest BCUT2D eigenvalue weighted by atomic mass is 35.5. The van der Waals surface area contributed by atoms with E-state index in [4.69, 9.17) is 11.6 Å². The molecular weight excluding hydrogens is 455 g/mol. The predicted octanol–water partition coefficient (Wildman–Crippen LogP) is 6.14. The Morgan fingerprint density at radius 2 is 1.81 bits per heavy atom. The van der Waals surface area contributed by atoms with Crippen molar-refractivity contribution in [2.45, 2.75) is 13.1 Å². The van der Waals surface area contributed by atoms with Crippen molar-refractivity contribution in [3.63, 3.8) is 0 Å². The van der Waals surface area contributed by atoms with Gasteiger partial charge in [-0.15, -0.1) is 0 Å². The molecule has 0 aliphatic rings. The summed E-state index contributed by atoms with van der Waals surface area (Å²) in [5.74, 6) is -2.72. The van der Waals surface area contributed by atoms with Gasteiger partial charge in [0.25, 0.3) is 5.91 Å². The second kappa shape index (κ2) is 7.86. The molecule has 2 aromatic heterocycles. The first-order chi connectivity index (χ1) is 15.0. The molecule has 1 amide bonds. The van der Waals surface area contributed by atoms with Crippen molar-refractivity contribution in [1.82, 2.24) is 15.0 Å². The zero-order valence-corrected chi connectivity index (χ0v) is 16.9. The number of amides is 1. The largest absolute Gasteiger partial charge is 0.433 e. The van der Waals surface area contributed by atoms with Crippen LogP contribution in [0.1, 0.15) is 21.7 Å². The van der Waals surface area contributed by atoms with Gasteiger partial charge in [-0.3, -0.25) is 4.79 Å². The summed E-state index contributed by atoms with van der Waals surface area (Å²) in [5, 5.41) is 2.77. The molecule has 4 rings (SSSR count). The van der Waals surface area contributed by atoms with E-state index in [0.29, 0.717) is 5.56 Å². The van der Waals surface area contributed by atoms with E-state index >= 15 is 0 Å². The normalized spacial score (nSPS) is 11.7. The maximum absolute atomic E-state index is 14.0. The third-order valence-corrected chi connectivity index (χ3v) is 4.98. The molecule has 0 radical (unpaired) electrons. The van der Waals surface area contributed by atoms with Crippen LogP contribution in [-0.2, 0) is 6.18 Å². The van der Waals surface area contributed by atoms with Crippen LogP contribution in [0.3, 0.4) is 0 Å². The van der Waals surface area contributed by atoms with Crippen LogP contribution in [0.25, 0.3) is 22.4 Å². The lowest BCUT2D eigenvalue weighted by Crippen LogP contribution is -2.16. The number of carbonyl (C=O) groups excluding carboxylic acids is 1. The second-order valence-electron chi connectivity index (χ2n) is 6.82. The average Bonchev–Trinajstić information content (AvgIpc) is 3.16. The van der Waals surface area contributed by atoms with Crippen molar-refractivity contribution in [2.24, 2.45) is 0 Å². The van der Waals surface area contributed by atoms with Crippen LogP contribution in [0, 0.1) is 18.6 Å². The van der Waals surface area contributed by atoms with Gasteiger partial charge in [-0.2, -0.15) is 13.2 Å². The number of aromatic nitrogens is 3. The fourth-order valence-electron chi connectivity index (χ4n) is 3.09. The predicted molar refractivity (Wildman–Crippen MR) is 108 cm³/mol. The molecule has 2 aromatic carbocycles. The highest BCUT2D eigenvalue weighted by molar-refractivity contribution is 6.33. The monoisotopic (exact) mass is 466 g/mol. The first kappa shape index (κ1) is 21.7. The number of anilines is 1. The van der Waals surface area contributed by atoms with E-state index in [-0.39, 0.29) is 38.8 Å². The third kappa shape index (κ3) is 4.01. The molecule has 0 atom stereocenters. The summed E-state index contributed by atoms with van der Waals surface area (Å²) >= 11 is 6.21. The summed E-state index contributed by atoms with van der Waals surface area (Å²) in [5.41, 5.74) is -0.665. The Kier molecular flexibility index (Phi) is 5.33. The Morgan fingerprint density at radius 1 is 1.06 bits per heavy atom. The molecule has 0 fully saturated rings. The Morgan fingerprint density at radius 3 is 2.50 bits per heavy atom. The van der Waals surface area contributed by atoms with E-state index in [0.717, 1.165) is 18.2 Å². The molecule has 0 saturated carbocycles. The molecule has 11 heteroatoms. The van der Waals surface area contributed by atoms with Crippen molar-refractivity contribution >= 4 is 34.2 Å². The van der Waals surface area contributed by atoms with Crippen LogP contribution >= 0.6 is 11.6 Å². The van der Waals surface area contributed by atoms with Crippen molar-refractivity contribution < 1.29 is 26.7 Å². The number of nitrogens with one attached hydrogen (secondary N) is 2. The minimum absolute atomic E-state index is 0.0456. The number of carbonyl (C=O) groups is 1. The van der Waals surface area contributed by atoms with Gasteiger partial charge in [0.1, 0.15) is 17.0 Å². The van der Waals surface area contributed by atoms with Gasteiger partial charge in [0.2, 0.25) is 0 Å². The van der Waals surface area contributed by atoms with Gasteiger partial charge in [0.05, 0.1) is 21.8 Å². The standard InChI is InChI=1S/C21H12ClF5N4O/c1-9-11(3-7-16(28-9)21(25,26)27)20(32)29-10-2-4-13(22)12(8-10)19-30-15-6-5-14(23)17(24)18(15)31-19/h2-8H,1H3,(H,29,32)(H,30,31). The number of fused-ring (bicyclic) bond motifs is 1. The Bertz CT molecular complexity index is 1370. The van der Waals surface area contributed by atoms with Gasteiger partial charge in [-0.05, 0) is 49.4 Å². The number of hydrogen-bond donors (Lipinski definition) is 2. The van der Waals surface area contributed by atoms with Crippen LogP contribution in [0.15, 0.2) is 42.5 Å². The lowest BCUT2D eigenvalue weighted by molar-refractivity contribution is -0.141. The van der Waals surface area contributed by atoms with E-state index in [1.54, 1.807) is 0 Å². The van der Waals surface area contributed by atoms with Gasteiger partial charge < -0.3 is 10.3 Å². The molecule has 0 bridgehead atoms. The molecule has 0 spiro atoms. The van der Waals surface area contributed by atoms with E-state index in [1.807, 2.05) is 0 Å². The van der Waals surface area contributed by atoms with Crippen molar-refractivity contribution in [1.29, 1.82) is 0 Å². The molecule has 5 nitrogen and oxygen atoms in total. The lowest BCUT2D eigenvalue weighted by atomic mass is 10.1. The molecule has 0 unspecified atom stereocenters. The van der Waals surface area contributed by atoms with E-state index in [9.17, 15) is 26.7 Å². The molecule has 0 aliphatic carbocycles. The molecule has 4 aromatic rings. The molecule has 32 heavy (non-hydrogen) atoms. The summed E-state index contributed by atoms with van der Waals surface area (Å²) in [6.07, 6.45) is -4.63. The second-order valence-corrected chi connectivity index (χ2v) is 7.23. The smallest absolute Gasteiger partial charge is 0.338 e. The number of nitrogens with zero attached hydrogens (tertiary/aromatic N) is 2. The molecular formula is C21H12ClF5N4O. The summed E-state index contributed by atoms with van der Waals surface area (Å²) in [6.45, 7) is 1.29. The first-order valence-corrected chi connectivity index (χ1v) is 9.42. The maximum Gasteiger partial charge on any atom is 0.433 e. The number of pyridine rings is 1. The topological polar surface area (TPSA) is 70.7 Å². The molecule has 2 N–H and O–H groups in total. The number of rotatable bonds is 3. The number of imidazole rings is 1. The number of H-pyrrole nitrogens is 1. The zero-order chi connectivity index (χ0) is 23.2. The van der Waals surface area contributed by atoms with Crippen LogP contribution in [0.5, 0.6) is 0 Å². The van der Waals surface area contributed by atoms with Gasteiger partial charge in [-0.25, -0.2) is 18.7 Å². The maximum atomic E-state index is 14.0. The Labute approximate surface area is 182 Å². The summed E-state index contributed by atoms with van der Waals surface area (Å²) < 4.78 is 65.8. The van der Waals surface area contributed by atoms with Crippen molar-refractivity contribution in [3.8, 4) is 11.4 Å². The number of aryl methyl sites for hydroxylation is 1. The number of hydrogen-bond acceptors (Lipinski definition) is 3. The van der Waals surface area contributed by atoms with Crippen LogP contribution < -0.4 is 5.32 Å². The van der Waals surface area contributed by atoms with E-state index in [2.05, 4.69) is 20.3 Å². The first-order valence-electron chi connectivity index (χ1n) is 9.04. The summed E-state index contributed by atoms with van der Waals surface area (Å²) in [6, 6.07) is 8.40. The number of alkyl halides is 3. The average molecular weight is 467 g/mol. The summed E-state index contributed by atoms with van der Waals surface area (Å²) in [7, 11) is 0. The van der Waals surface area contributed by atoms with Gasteiger partial charge in [-0.1, -0.05) is 11.6 Å². The third-order valence-electron chi connectivity index (χ3n) is 4.65. The molecule has 0 aliphatic heterocycles. The number of benzene rings is 2. The van der Waals surface area contributed by atoms with Gasteiger partial charge in [0, 0.05) is 11.3 Å². The van der Waals surface area contributed by atoms with E-state index < -0.39 is 29.4 Å². The highest BCUT2D eigenvalue weighted by Crippen LogP contribution is 2.32. The minimum Gasteiger partial charge on any atom is -0.338 e. The molecule has 0 saturated heterocycles. The highest BCUT2D eigenvalue weighted by Gasteiger charge is 2.33. The Hall–Kier alpha value is -3.53. The molecule has 2 heterocycles. The van der Waals surface area contributed by atoms with Crippen molar-refractivity contribution in [2.75, 3.05) is 5.32 Å². The molecule has 164 valence electrons.